The molecule has 0 N–H and O–H groups in total. The van der Waals surface area contributed by atoms with Crippen LogP contribution in [0.15, 0.2) is 43.1 Å². The maximum atomic E-state index is 12.5. The van der Waals surface area contributed by atoms with Gasteiger partial charge in [0.25, 0.3) is 0 Å². The molecule has 7 nitrogen and oxygen atoms in total. The molecule has 0 aliphatic heterocycles. The van der Waals surface area contributed by atoms with Crippen LogP contribution in [-0.4, -0.2) is 30.5 Å². The monoisotopic (exact) mass is 345 g/mol. The Morgan fingerprint density at radius 1 is 1.29 bits per heavy atom. The second kappa shape index (κ2) is 6.84. The normalized spacial score (nSPS) is 12.1. The van der Waals surface area contributed by atoms with Crippen molar-refractivity contribution in [3.05, 3.63) is 65.0 Å². The summed E-state index contributed by atoms with van der Waals surface area (Å²) in [6, 6.07) is 7.17. The Labute approximate surface area is 143 Å². The van der Waals surface area contributed by atoms with E-state index in [9.17, 15) is 4.79 Å². The topological polar surface area (TPSA) is 74.8 Å². The molecule has 0 aliphatic carbocycles. The van der Waals surface area contributed by atoms with Crippen molar-refractivity contribution in [3.8, 4) is 0 Å². The van der Waals surface area contributed by atoms with Crippen LogP contribution in [0.5, 0.6) is 0 Å². The summed E-state index contributed by atoms with van der Waals surface area (Å²) in [5, 5.41) is 8.77. The number of hydrogen-bond donors (Lipinski definition) is 0. The summed E-state index contributed by atoms with van der Waals surface area (Å²) in [5.41, 5.74) is 2.01. The number of aryl methyl sites for hydroxylation is 1. The van der Waals surface area contributed by atoms with Gasteiger partial charge in [0.1, 0.15) is 24.3 Å². The minimum atomic E-state index is -0.518. The first kappa shape index (κ1) is 16.2. The van der Waals surface area contributed by atoms with Gasteiger partial charge < -0.3 is 4.74 Å². The number of benzene rings is 1. The summed E-state index contributed by atoms with van der Waals surface area (Å²) in [5.74, 6) is -0.430. The standard InChI is InChI=1S/C16H16ClN5O2/c1-11-14(7-19-21(11)2)16(23)24-15(8-22-10-18-9-20-22)12-3-5-13(17)6-4-12/h3-7,9-10,15H,8H2,1-2H3/t15-/m0/s1. The maximum Gasteiger partial charge on any atom is 0.342 e. The van der Waals surface area contributed by atoms with Crippen LogP contribution in [0.25, 0.3) is 0 Å². The van der Waals surface area contributed by atoms with Crippen LogP contribution in [0, 0.1) is 6.92 Å². The Morgan fingerprint density at radius 2 is 2.04 bits per heavy atom. The molecular weight excluding hydrogens is 330 g/mol. The zero-order valence-electron chi connectivity index (χ0n) is 13.3. The molecule has 1 atom stereocenters. The van der Waals surface area contributed by atoms with Gasteiger partial charge in [0.05, 0.1) is 12.7 Å². The number of aromatic nitrogens is 5. The van der Waals surface area contributed by atoms with Crippen molar-refractivity contribution < 1.29 is 9.53 Å². The summed E-state index contributed by atoms with van der Waals surface area (Å²) < 4.78 is 8.95. The van der Waals surface area contributed by atoms with E-state index in [-0.39, 0.29) is 0 Å². The summed E-state index contributed by atoms with van der Waals surface area (Å²) in [6.07, 6.45) is 4.00. The van der Waals surface area contributed by atoms with E-state index in [1.54, 1.807) is 34.9 Å². The largest absolute Gasteiger partial charge is 0.452 e. The van der Waals surface area contributed by atoms with Crippen molar-refractivity contribution in [2.45, 2.75) is 19.6 Å². The Balaban J connectivity index is 1.85. The number of esters is 1. The number of ether oxygens (including phenoxy) is 1. The Kier molecular flexibility index (Phi) is 4.61. The van der Waals surface area contributed by atoms with Crippen LogP contribution in [0.2, 0.25) is 5.02 Å². The van der Waals surface area contributed by atoms with E-state index in [1.807, 2.05) is 19.1 Å². The molecule has 0 saturated carbocycles. The van der Waals surface area contributed by atoms with Gasteiger partial charge in [-0.2, -0.15) is 10.2 Å². The molecule has 3 aromatic rings. The number of hydrogen-bond acceptors (Lipinski definition) is 5. The van der Waals surface area contributed by atoms with E-state index in [0.29, 0.717) is 17.1 Å². The van der Waals surface area contributed by atoms with E-state index < -0.39 is 12.1 Å². The fraction of sp³-hybridized carbons (Fsp3) is 0.250. The lowest BCUT2D eigenvalue weighted by molar-refractivity contribution is 0.0245. The highest BCUT2D eigenvalue weighted by molar-refractivity contribution is 6.30. The zero-order valence-corrected chi connectivity index (χ0v) is 14.0. The average Bonchev–Trinajstić information content (AvgIpc) is 3.18. The second-order valence-corrected chi connectivity index (χ2v) is 5.77. The van der Waals surface area contributed by atoms with Crippen LogP contribution in [-0.2, 0) is 18.3 Å². The highest BCUT2D eigenvalue weighted by Gasteiger charge is 2.22. The lowest BCUT2D eigenvalue weighted by Gasteiger charge is -2.18. The van der Waals surface area contributed by atoms with Gasteiger partial charge in [0, 0.05) is 17.8 Å². The van der Waals surface area contributed by atoms with Gasteiger partial charge in [-0.3, -0.25) is 4.68 Å². The third-order valence-corrected chi connectivity index (χ3v) is 4.02. The van der Waals surface area contributed by atoms with E-state index in [0.717, 1.165) is 11.3 Å². The minimum Gasteiger partial charge on any atom is -0.452 e. The third-order valence-electron chi connectivity index (χ3n) is 3.77. The molecular formula is C16H16ClN5O2. The first-order valence-electron chi connectivity index (χ1n) is 7.32. The highest BCUT2D eigenvalue weighted by atomic mass is 35.5. The smallest absolute Gasteiger partial charge is 0.342 e. The number of nitrogens with zero attached hydrogens (tertiary/aromatic N) is 5. The quantitative estimate of drug-likeness (QED) is 0.664. The van der Waals surface area contributed by atoms with Crippen molar-refractivity contribution in [3.63, 3.8) is 0 Å². The number of halogens is 1. The van der Waals surface area contributed by atoms with Gasteiger partial charge in [-0.1, -0.05) is 23.7 Å². The van der Waals surface area contributed by atoms with Crippen molar-refractivity contribution in [1.29, 1.82) is 0 Å². The maximum absolute atomic E-state index is 12.5. The summed E-state index contributed by atoms with van der Waals surface area (Å²) in [6.45, 7) is 2.17. The molecule has 0 amide bonds. The first-order valence-corrected chi connectivity index (χ1v) is 7.70. The van der Waals surface area contributed by atoms with Gasteiger partial charge in [-0.25, -0.2) is 14.5 Å². The molecule has 2 aromatic heterocycles. The molecule has 2 heterocycles. The van der Waals surface area contributed by atoms with Gasteiger partial charge in [0.15, 0.2) is 0 Å². The Bertz CT molecular complexity index is 827. The lowest BCUT2D eigenvalue weighted by Crippen LogP contribution is -2.18. The molecule has 0 bridgehead atoms. The summed E-state index contributed by atoms with van der Waals surface area (Å²) >= 11 is 5.94. The molecule has 24 heavy (non-hydrogen) atoms. The first-order chi connectivity index (χ1) is 11.5. The van der Waals surface area contributed by atoms with Crippen molar-refractivity contribution in [2.75, 3.05) is 0 Å². The number of carbonyl (C=O) groups excluding carboxylic acids is 1. The highest BCUT2D eigenvalue weighted by Crippen LogP contribution is 2.23. The minimum absolute atomic E-state index is 0.354. The molecule has 0 radical (unpaired) electrons. The summed E-state index contributed by atoms with van der Waals surface area (Å²) in [4.78, 5) is 16.4. The molecule has 0 fully saturated rings. The van der Waals surface area contributed by atoms with Gasteiger partial charge in [-0.05, 0) is 24.6 Å². The Hall–Kier alpha value is -2.67. The zero-order chi connectivity index (χ0) is 17.1. The second-order valence-electron chi connectivity index (χ2n) is 5.33. The molecule has 1 aromatic carbocycles. The van der Waals surface area contributed by atoms with Crippen molar-refractivity contribution in [2.24, 2.45) is 7.05 Å². The molecule has 0 spiro atoms. The van der Waals surface area contributed by atoms with Gasteiger partial charge >= 0.3 is 5.97 Å². The van der Waals surface area contributed by atoms with Crippen LogP contribution >= 0.6 is 11.6 Å². The number of rotatable bonds is 5. The molecule has 0 aliphatic rings. The van der Waals surface area contributed by atoms with E-state index >= 15 is 0 Å². The molecule has 0 unspecified atom stereocenters. The van der Waals surface area contributed by atoms with Crippen LogP contribution in [0.1, 0.15) is 27.7 Å². The SMILES string of the molecule is Cc1c(C(=O)O[C@@H](Cn2cncn2)c2ccc(Cl)cc2)cnn1C. The van der Waals surface area contributed by atoms with Crippen LogP contribution in [0.4, 0.5) is 0 Å². The van der Waals surface area contributed by atoms with Crippen molar-refractivity contribution >= 4 is 17.6 Å². The van der Waals surface area contributed by atoms with E-state index in [1.165, 1.54) is 12.5 Å². The molecule has 3 rings (SSSR count). The predicted octanol–water partition coefficient (Wildman–Crippen LogP) is 2.57. The molecule has 124 valence electrons. The Morgan fingerprint density at radius 3 is 2.62 bits per heavy atom. The predicted molar refractivity (Wildman–Crippen MR) is 87.6 cm³/mol. The van der Waals surface area contributed by atoms with Crippen LogP contribution < -0.4 is 0 Å². The summed E-state index contributed by atoms with van der Waals surface area (Å²) in [7, 11) is 1.78. The number of carbonyl (C=O) groups is 1. The fourth-order valence-electron chi connectivity index (χ4n) is 2.28. The molecule has 0 saturated heterocycles. The third kappa shape index (κ3) is 3.46. The van der Waals surface area contributed by atoms with Gasteiger partial charge in [-0.15, -0.1) is 0 Å². The van der Waals surface area contributed by atoms with Crippen LogP contribution in [0.3, 0.4) is 0 Å². The van der Waals surface area contributed by atoms with E-state index in [4.69, 9.17) is 16.3 Å². The van der Waals surface area contributed by atoms with Gasteiger partial charge in [0.2, 0.25) is 0 Å². The van der Waals surface area contributed by atoms with E-state index in [2.05, 4.69) is 15.2 Å². The van der Waals surface area contributed by atoms with Crippen molar-refractivity contribution in [1.82, 2.24) is 24.5 Å². The average molecular weight is 346 g/mol. The lowest BCUT2D eigenvalue weighted by atomic mass is 10.1. The fourth-order valence-corrected chi connectivity index (χ4v) is 2.40. The molecule has 8 heteroatoms.